The summed E-state index contributed by atoms with van der Waals surface area (Å²) in [4.78, 5) is 19.4. The van der Waals surface area contributed by atoms with Gasteiger partial charge in [0, 0.05) is 31.1 Å². The van der Waals surface area contributed by atoms with Gasteiger partial charge in [0.2, 0.25) is 5.91 Å². The monoisotopic (exact) mass is 442 g/mol. The summed E-state index contributed by atoms with van der Waals surface area (Å²) in [6.45, 7) is 1.38. The molecule has 2 heterocycles. The number of benzene rings is 2. The SMILES string of the molecule is O=C(CC=C(c1ccc(F)cc1)c1ccc(F)cc1)N1CCC2(C=Cc3ncccc32)CC1. The molecule has 3 nitrogen and oxygen atoms in total. The summed E-state index contributed by atoms with van der Waals surface area (Å²) >= 11 is 0. The van der Waals surface area contributed by atoms with Crippen LogP contribution >= 0.6 is 0 Å². The Bertz CT molecular complexity index is 1170. The van der Waals surface area contributed by atoms with E-state index in [9.17, 15) is 13.6 Å². The van der Waals surface area contributed by atoms with Crippen molar-refractivity contribution in [1.29, 1.82) is 0 Å². The number of halogens is 2. The predicted molar refractivity (Wildman–Crippen MR) is 125 cm³/mol. The third kappa shape index (κ3) is 4.23. The number of fused-ring (bicyclic) bond motifs is 2. The van der Waals surface area contributed by atoms with Gasteiger partial charge in [-0.25, -0.2) is 8.78 Å². The van der Waals surface area contributed by atoms with Gasteiger partial charge in [-0.1, -0.05) is 42.5 Å². The summed E-state index contributed by atoms with van der Waals surface area (Å²) in [5.41, 5.74) is 4.62. The van der Waals surface area contributed by atoms with Crippen LogP contribution in [0.25, 0.3) is 11.6 Å². The molecule has 1 spiro atoms. The molecular formula is C28H24F2N2O. The van der Waals surface area contributed by atoms with E-state index < -0.39 is 0 Å². The lowest BCUT2D eigenvalue weighted by Crippen LogP contribution is -2.43. The Morgan fingerprint density at radius 1 is 0.939 bits per heavy atom. The number of hydrogen-bond acceptors (Lipinski definition) is 2. The fourth-order valence-corrected chi connectivity index (χ4v) is 4.87. The third-order valence-corrected chi connectivity index (χ3v) is 6.73. The Labute approximate surface area is 192 Å². The molecule has 33 heavy (non-hydrogen) atoms. The minimum atomic E-state index is -0.326. The molecule has 3 aromatic rings. The topological polar surface area (TPSA) is 33.2 Å². The maximum absolute atomic E-state index is 13.4. The van der Waals surface area contributed by atoms with Crippen molar-refractivity contribution in [3.63, 3.8) is 0 Å². The van der Waals surface area contributed by atoms with Gasteiger partial charge in [-0.15, -0.1) is 0 Å². The van der Waals surface area contributed by atoms with Crippen molar-refractivity contribution in [3.8, 4) is 0 Å². The lowest BCUT2D eigenvalue weighted by Gasteiger charge is -2.39. The highest BCUT2D eigenvalue weighted by atomic mass is 19.1. The van der Waals surface area contributed by atoms with Crippen LogP contribution in [0.3, 0.4) is 0 Å². The zero-order chi connectivity index (χ0) is 22.8. The minimum absolute atomic E-state index is 0.0242. The van der Waals surface area contributed by atoms with Gasteiger partial charge in [0.15, 0.2) is 0 Å². The molecule has 5 rings (SSSR count). The summed E-state index contributed by atoms with van der Waals surface area (Å²) in [5.74, 6) is -0.596. The van der Waals surface area contributed by atoms with Crippen molar-refractivity contribution in [1.82, 2.24) is 9.88 Å². The van der Waals surface area contributed by atoms with Gasteiger partial charge in [-0.2, -0.15) is 0 Å². The first kappa shape index (κ1) is 21.3. The Hall–Kier alpha value is -3.60. The van der Waals surface area contributed by atoms with Crippen LogP contribution in [0.1, 0.15) is 41.6 Å². The zero-order valence-electron chi connectivity index (χ0n) is 18.2. The second kappa shape index (κ2) is 8.74. The van der Waals surface area contributed by atoms with Gasteiger partial charge >= 0.3 is 0 Å². The van der Waals surface area contributed by atoms with Crippen molar-refractivity contribution in [2.45, 2.75) is 24.7 Å². The number of nitrogens with zero attached hydrogens (tertiary/aromatic N) is 2. The average molecular weight is 443 g/mol. The number of allylic oxidation sites excluding steroid dienone is 1. The Balaban J connectivity index is 1.32. The highest BCUT2D eigenvalue weighted by molar-refractivity contribution is 5.85. The molecule has 1 saturated heterocycles. The van der Waals surface area contributed by atoms with Crippen molar-refractivity contribution in [3.05, 3.63) is 113 Å². The van der Waals surface area contributed by atoms with Gasteiger partial charge in [0.05, 0.1) is 5.69 Å². The van der Waals surface area contributed by atoms with E-state index in [1.54, 1.807) is 24.3 Å². The molecule has 1 fully saturated rings. The molecule has 0 radical (unpaired) electrons. The van der Waals surface area contributed by atoms with Crippen LogP contribution in [0, 0.1) is 11.6 Å². The third-order valence-electron chi connectivity index (χ3n) is 6.73. The van der Waals surface area contributed by atoms with Gasteiger partial charge < -0.3 is 4.90 Å². The maximum atomic E-state index is 13.4. The number of hydrogen-bond donors (Lipinski definition) is 0. The summed E-state index contributed by atoms with van der Waals surface area (Å²) in [6, 6.07) is 16.4. The summed E-state index contributed by atoms with van der Waals surface area (Å²) in [6.07, 6.45) is 9.99. The van der Waals surface area contributed by atoms with Crippen molar-refractivity contribution in [2.24, 2.45) is 0 Å². The van der Waals surface area contributed by atoms with E-state index in [0.717, 1.165) is 35.2 Å². The van der Waals surface area contributed by atoms with Crippen molar-refractivity contribution < 1.29 is 13.6 Å². The molecule has 5 heteroatoms. The molecule has 1 aliphatic heterocycles. The first-order valence-electron chi connectivity index (χ1n) is 11.2. The van der Waals surface area contributed by atoms with Crippen LogP contribution in [0.2, 0.25) is 0 Å². The standard InChI is InChI=1S/C28H24F2N2O/c29-22-7-3-20(4-8-22)24(21-5-9-23(30)10-6-21)11-12-27(33)32-18-15-28(16-19-32)14-13-26-25(28)2-1-17-31-26/h1-11,13-14,17H,12,15-16,18-19H2. The van der Waals surface area contributed by atoms with Crippen molar-refractivity contribution in [2.75, 3.05) is 13.1 Å². The molecule has 0 saturated carbocycles. The first-order chi connectivity index (χ1) is 16.0. The number of pyridine rings is 1. The predicted octanol–water partition coefficient (Wildman–Crippen LogP) is 5.77. The van der Waals surface area contributed by atoms with E-state index in [-0.39, 0.29) is 29.4 Å². The first-order valence-corrected chi connectivity index (χ1v) is 11.2. The number of rotatable bonds is 4. The second-order valence-corrected chi connectivity index (χ2v) is 8.64. The molecule has 1 amide bonds. The summed E-state index contributed by atoms with van der Waals surface area (Å²) in [7, 11) is 0. The highest BCUT2D eigenvalue weighted by Gasteiger charge is 2.39. The van der Waals surface area contributed by atoms with E-state index >= 15 is 0 Å². The van der Waals surface area contributed by atoms with E-state index in [0.29, 0.717) is 13.1 Å². The fourth-order valence-electron chi connectivity index (χ4n) is 4.87. The largest absolute Gasteiger partial charge is 0.342 e. The van der Waals surface area contributed by atoms with Crippen molar-refractivity contribution >= 4 is 17.6 Å². The van der Waals surface area contributed by atoms with Gasteiger partial charge in [0.25, 0.3) is 0 Å². The molecule has 1 aromatic heterocycles. The average Bonchev–Trinajstić information content (AvgIpc) is 3.20. The number of likely N-dealkylation sites (tertiary alicyclic amines) is 1. The number of amides is 1. The zero-order valence-corrected chi connectivity index (χ0v) is 18.2. The van der Waals surface area contributed by atoms with Gasteiger partial charge in [-0.3, -0.25) is 9.78 Å². The quantitative estimate of drug-likeness (QED) is 0.514. The molecular weight excluding hydrogens is 418 g/mol. The molecule has 166 valence electrons. The van der Waals surface area contributed by atoms with Crippen LogP contribution in [-0.4, -0.2) is 28.9 Å². The maximum Gasteiger partial charge on any atom is 0.226 e. The minimum Gasteiger partial charge on any atom is -0.342 e. The van der Waals surface area contributed by atoms with E-state index in [2.05, 4.69) is 23.2 Å². The van der Waals surface area contributed by atoms with Crippen LogP contribution < -0.4 is 0 Å². The van der Waals surface area contributed by atoms with E-state index in [1.165, 1.54) is 29.8 Å². The number of piperidine rings is 1. The normalized spacial score (nSPS) is 16.0. The van der Waals surface area contributed by atoms with E-state index in [4.69, 9.17) is 0 Å². The Morgan fingerprint density at radius 2 is 1.55 bits per heavy atom. The smallest absolute Gasteiger partial charge is 0.226 e. The van der Waals surface area contributed by atoms with Crippen LogP contribution in [-0.2, 0) is 10.2 Å². The van der Waals surface area contributed by atoms with Gasteiger partial charge in [0.1, 0.15) is 11.6 Å². The fraction of sp³-hybridized carbons (Fsp3) is 0.214. The van der Waals surface area contributed by atoms with Crippen LogP contribution in [0.4, 0.5) is 8.78 Å². The number of carbonyl (C=O) groups is 1. The molecule has 2 aromatic carbocycles. The molecule has 2 aliphatic rings. The number of carbonyl (C=O) groups excluding carboxylic acids is 1. The second-order valence-electron chi connectivity index (χ2n) is 8.64. The summed E-state index contributed by atoms with van der Waals surface area (Å²) in [5, 5.41) is 0. The van der Waals surface area contributed by atoms with Crippen LogP contribution in [0.5, 0.6) is 0 Å². The highest BCUT2D eigenvalue weighted by Crippen LogP contribution is 2.43. The molecule has 0 bridgehead atoms. The Kier molecular flexibility index (Phi) is 5.63. The van der Waals surface area contributed by atoms with E-state index in [1.807, 2.05) is 23.2 Å². The van der Waals surface area contributed by atoms with Gasteiger partial charge in [-0.05, 0) is 71.5 Å². The molecule has 0 N–H and O–H groups in total. The van der Waals surface area contributed by atoms with Crippen LogP contribution in [0.15, 0.2) is 79.0 Å². The molecule has 1 aliphatic carbocycles. The Morgan fingerprint density at radius 3 is 2.15 bits per heavy atom. The molecule has 0 unspecified atom stereocenters. The lowest BCUT2D eigenvalue weighted by molar-refractivity contribution is -0.131. The lowest BCUT2D eigenvalue weighted by atomic mass is 9.75. The number of aromatic nitrogens is 1. The summed E-state index contributed by atoms with van der Waals surface area (Å²) < 4.78 is 26.9. The molecule has 0 atom stereocenters.